The maximum absolute atomic E-state index is 13.7. The Kier molecular flexibility index (Phi) is 8.70. The van der Waals surface area contributed by atoms with E-state index in [1.807, 2.05) is 0 Å². The number of hydrogen-bond donors (Lipinski definition) is 5. The highest BCUT2D eigenvalue weighted by Crippen LogP contribution is 2.48. The number of piperidine rings is 1. The minimum absolute atomic E-state index is 0.00675. The quantitative estimate of drug-likeness (QED) is 0.287. The van der Waals surface area contributed by atoms with E-state index in [-0.39, 0.29) is 41.0 Å². The molecule has 1 spiro atoms. The topological polar surface area (TPSA) is 124 Å². The first-order chi connectivity index (χ1) is 15.5. The van der Waals surface area contributed by atoms with Gasteiger partial charge in [-0.15, -0.1) is 11.6 Å². The van der Waals surface area contributed by atoms with Gasteiger partial charge in [0.05, 0.1) is 30.3 Å². The van der Waals surface area contributed by atoms with Crippen molar-refractivity contribution in [3.63, 3.8) is 0 Å². The lowest BCUT2D eigenvalue weighted by Gasteiger charge is -2.43. The normalized spacial score (nSPS) is 35.0. The zero-order valence-electron chi connectivity index (χ0n) is 19.2. The first-order valence-corrected chi connectivity index (χ1v) is 13.0. The molecule has 0 bridgehead atoms. The fourth-order valence-electron chi connectivity index (χ4n) is 6.35. The third kappa shape index (κ3) is 5.77. The molecule has 3 saturated heterocycles. The summed E-state index contributed by atoms with van der Waals surface area (Å²) in [6.07, 6.45) is 8.73. The van der Waals surface area contributed by atoms with E-state index < -0.39 is 12.1 Å². The highest BCUT2D eigenvalue weighted by atomic mass is 35.5. The van der Waals surface area contributed by atoms with Crippen molar-refractivity contribution < 1.29 is 14.3 Å². The number of rotatable bonds is 6. The highest BCUT2D eigenvalue weighted by Gasteiger charge is 2.49. The van der Waals surface area contributed by atoms with Gasteiger partial charge in [-0.3, -0.25) is 4.79 Å². The standard InChI is InChI=1S/C23H42ClN5O3/c24-15-3-9-23(7-1-2-8-23)20(28-13-15)19(21(25)26)22(30)29-17-14-27-10-4-18(17)32-16-5-11-31-12-6-16/h15-21,27-28H,1-14,25-26H2,(H,29,30). The van der Waals surface area contributed by atoms with Crippen LogP contribution >= 0.6 is 11.6 Å². The van der Waals surface area contributed by atoms with Crippen LogP contribution < -0.4 is 27.4 Å². The average molecular weight is 472 g/mol. The van der Waals surface area contributed by atoms with Gasteiger partial charge >= 0.3 is 0 Å². The number of carbonyl (C=O) groups is 1. The Labute approximate surface area is 197 Å². The van der Waals surface area contributed by atoms with Crippen LogP contribution in [0.2, 0.25) is 0 Å². The van der Waals surface area contributed by atoms with E-state index >= 15 is 0 Å². The Morgan fingerprint density at radius 1 is 1.09 bits per heavy atom. The van der Waals surface area contributed by atoms with Crippen molar-refractivity contribution in [2.45, 2.75) is 93.6 Å². The van der Waals surface area contributed by atoms with Crippen LogP contribution in [0.4, 0.5) is 0 Å². The van der Waals surface area contributed by atoms with E-state index in [1.165, 1.54) is 12.8 Å². The number of nitrogens with one attached hydrogen (secondary N) is 3. The van der Waals surface area contributed by atoms with Gasteiger partial charge in [-0.25, -0.2) is 0 Å². The maximum atomic E-state index is 13.7. The van der Waals surface area contributed by atoms with Crippen molar-refractivity contribution in [3.05, 3.63) is 0 Å². The van der Waals surface area contributed by atoms with Gasteiger partial charge in [-0.1, -0.05) is 12.8 Å². The molecule has 1 saturated carbocycles. The molecular weight excluding hydrogens is 430 g/mol. The molecule has 3 heterocycles. The molecule has 1 amide bonds. The fraction of sp³-hybridized carbons (Fsp3) is 0.957. The first kappa shape index (κ1) is 24.6. The van der Waals surface area contributed by atoms with Gasteiger partial charge in [0.2, 0.25) is 5.91 Å². The molecule has 32 heavy (non-hydrogen) atoms. The van der Waals surface area contributed by atoms with Crippen LogP contribution in [-0.4, -0.2) is 74.6 Å². The van der Waals surface area contributed by atoms with Gasteiger partial charge in [-0.05, 0) is 56.9 Å². The lowest BCUT2D eigenvalue weighted by Crippen LogP contribution is -2.64. The van der Waals surface area contributed by atoms with Gasteiger partial charge < -0.3 is 36.9 Å². The molecular formula is C23H42ClN5O3. The van der Waals surface area contributed by atoms with Crippen LogP contribution in [-0.2, 0) is 14.3 Å². The van der Waals surface area contributed by atoms with Crippen molar-refractivity contribution in [3.8, 4) is 0 Å². The van der Waals surface area contributed by atoms with Crippen LogP contribution in [0.3, 0.4) is 0 Å². The summed E-state index contributed by atoms with van der Waals surface area (Å²) < 4.78 is 11.9. The molecule has 4 rings (SSSR count). The van der Waals surface area contributed by atoms with Crippen LogP contribution in [0.5, 0.6) is 0 Å². The summed E-state index contributed by atoms with van der Waals surface area (Å²) in [4.78, 5) is 13.7. The molecule has 4 fully saturated rings. The second-order valence-electron chi connectivity index (χ2n) is 10.3. The lowest BCUT2D eigenvalue weighted by atomic mass is 9.69. The van der Waals surface area contributed by atoms with E-state index in [2.05, 4.69) is 16.0 Å². The molecule has 184 valence electrons. The molecule has 5 unspecified atom stereocenters. The van der Waals surface area contributed by atoms with E-state index in [9.17, 15) is 4.79 Å². The minimum Gasteiger partial charge on any atom is -0.381 e. The first-order valence-electron chi connectivity index (χ1n) is 12.6. The molecule has 8 nitrogen and oxygen atoms in total. The van der Waals surface area contributed by atoms with Crippen LogP contribution in [0, 0.1) is 11.3 Å². The van der Waals surface area contributed by atoms with Gasteiger partial charge in [0.25, 0.3) is 0 Å². The number of nitrogens with two attached hydrogens (primary N) is 2. The zero-order chi connectivity index (χ0) is 22.6. The summed E-state index contributed by atoms with van der Waals surface area (Å²) >= 11 is 6.52. The Morgan fingerprint density at radius 3 is 2.56 bits per heavy atom. The molecule has 7 N–H and O–H groups in total. The van der Waals surface area contributed by atoms with Crippen LogP contribution in [0.25, 0.3) is 0 Å². The van der Waals surface area contributed by atoms with E-state index in [4.69, 9.17) is 32.5 Å². The van der Waals surface area contributed by atoms with E-state index in [0.29, 0.717) is 13.1 Å². The van der Waals surface area contributed by atoms with E-state index in [0.717, 1.165) is 64.7 Å². The molecule has 0 aromatic rings. The Bertz CT molecular complexity index is 612. The van der Waals surface area contributed by atoms with Crippen molar-refractivity contribution >= 4 is 17.5 Å². The summed E-state index contributed by atoms with van der Waals surface area (Å²) in [5.74, 6) is -0.563. The zero-order valence-corrected chi connectivity index (χ0v) is 20.0. The predicted molar refractivity (Wildman–Crippen MR) is 125 cm³/mol. The van der Waals surface area contributed by atoms with Gasteiger partial charge in [-0.2, -0.15) is 0 Å². The summed E-state index contributed by atoms with van der Waals surface area (Å²) in [7, 11) is 0. The van der Waals surface area contributed by atoms with Gasteiger partial charge in [0.15, 0.2) is 0 Å². The Hall–Kier alpha value is -0.480. The molecule has 9 heteroatoms. The average Bonchev–Trinajstić information content (AvgIpc) is 3.20. The fourth-order valence-corrected chi connectivity index (χ4v) is 6.55. The molecule has 0 radical (unpaired) electrons. The molecule has 3 aliphatic heterocycles. The predicted octanol–water partition coefficient (Wildman–Crippen LogP) is 0.808. The number of hydrogen-bond acceptors (Lipinski definition) is 7. The summed E-state index contributed by atoms with van der Waals surface area (Å²) in [5.41, 5.74) is 12.6. The van der Waals surface area contributed by atoms with Crippen molar-refractivity contribution in [2.75, 3.05) is 32.8 Å². The van der Waals surface area contributed by atoms with Gasteiger partial charge in [0.1, 0.15) is 0 Å². The second-order valence-corrected chi connectivity index (χ2v) is 10.9. The minimum atomic E-state index is -0.733. The van der Waals surface area contributed by atoms with Crippen molar-refractivity contribution in [1.82, 2.24) is 16.0 Å². The maximum Gasteiger partial charge on any atom is 0.227 e. The molecule has 4 aliphatic rings. The third-order valence-corrected chi connectivity index (χ3v) is 8.50. The smallest absolute Gasteiger partial charge is 0.227 e. The van der Waals surface area contributed by atoms with Gasteiger partial charge in [0, 0.05) is 37.7 Å². The molecule has 0 aromatic carbocycles. The SMILES string of the molecule is NC(N)C(C(=O)NC1CNCCC1OC1CCOCC1)C1NCC(Cl)CCC12CCCC2. The summed E-state index contributed by atoms with van der Waals surface area (Å²) in [6, 6.07) is -0.147. The number of alkyl halides is 1. The van der Waals surface area contributed by atoms with E-state index in [1.54, 1.807) is 0 Å². The monoisotopic (exact) mass is 471 g/mol. The van der Waals surface area contributed by atoms with Crippen LogP contribution in [0.1, 0.15) is 57.8 Å². The van der Waals surface area contributed by atoms with Crippen molar-refractivity contribution in [2.24, 2.45) is 22.8 Å². The lowest BCUT2D eigenvalue weighted by molar-refractivity contribution is -0.132. The third-order valence-electron chi connectivity index (χ3n) is 8.13. The second kappa shape index (κ2) is 11.3. The molecule has 1 aliphatic carbocycles. The Morgan fingerprint density at radius 2 is 1.84 bits per heavy atom. The number of amides is 1. The molecule has 5 atom stereocenters. The van der Waals surface area contributed by atoms with Crippen LogP contribution in [0.15, 0.2) is 0 Å². The summed E-state index contributed by atoms with van der Waals surface area (Å²) in [6.45, 7) is 3.76. The number of ether oxygens (including phenoxy) is 2. The number of carbonyl (C=O) groups excluding carboxylic acids is 1. The summed E-state index contributed by atoms with van der Waals surface area (Å²) in [5, 5.41) is 10.4. The molecule has 0 aromatic heterocycles. The highest BCUT2D eigenvalue weighted by molar-refractivity contribution is 6.20. The Balaban J connectivity index is 1.46. The number of halogens is 1. The largest absolute Gasteiger partial charge is 0.381 e. The van der Waals surface area contributed by atoms with Crippen molar-refractivity contribution in [1.29, 1.82) is 0 Å².